The Kier molecular flexibility index (Phi) is 3.98. The number of pyridine rings is 1. The Hall–Kier alpha value is -2.15. The second kappa shape index (κ2) is 5.92. The van der Waals surface area contributed by atoms with Crippen LogP contribution in [0.25, 0.3) is 5.65 Å². The highest BCUT2D eigenvalue weighted by Crippen LogP contribution is 2.29. The molecule has 2 aromatic heterocycles. The number of anilines is 2. The van der Waals surface area contributed by atoms with Gasteiger partial charge in [-0.25, -0.2) is 4.52 Å². The molecule has 1 amide bonds. The Bertz CT molecular complexity index is 689. The molecule has 118 valence electrons. The van der Waals surface area contributed by atoms with Crippen molar-refractivity contribution in [2.75, 3.05) is 37.8 Å². The summed E-state index contributed by atoms with van der Waals surface area (Å²) in [7, 11) is 4.09. The minimum Gasteiger partial charge on any atom is -0.382 e. The molecule has 1 aliphatic carbocycles. The first-order valence-electron chi connectivity index (χ1n) is 7.59. The fourth-order valence-corrected chi connectivity index (χ4v) is 2.23. The van der Waals surface area contributed by atoms with E-state index in [1.165, 1.54) is 0 Å². The summed E-state index contributed by atoms with van der Waals surface area (Å²) < 4.78 is 1.70. The molecule has 1 saturated carbocycles. The Morgan fingerprint density at radius 2 is 2.23 bits per heavy atom. The molecule has 3 rings (SSSR count). The number of hydrogen-bond acceptors (Lipinski definition) is 5. The van der Waals surface area contributed by atoms with E-state index in [1.807, 2.05) is 33.3 Å². The standard InChI is InChI=1S/C15H22N6O/c1-10-8-13-17-15(18-14(22)11-4-5-11)19-21(13)9-12(10)16-6-7-20(2)3/h8-9,11,16H,4-7H2,1-3H3,(H,18,19,22). The van der Waals surface area contributed by atoms with Crippen LogP contribution in [0.4, 0.5) is 11.6 Å². The summed E-state index contributed by atoms with van der Waals surface area (Å²) in [5.74, 6) is 0.551. The van der Waals surface area contributed by atoms with E-state index in [0.717, 1.165) is 42.8 Å². The molecular formula is C15H22N6O. The quantitative estimate of drug-likeness (QED) is 0.843. The third-order valence-electron chi connectivity index (χ3n) is 3.74. The Morgan fingerprint density at radius 1 is 1.45 bits per heavy atom. The average molecular weight is 302 g/mol. The van der Waals surface area contributed by atoms with Gasteiger partial charge in [-0.1, -0.05) is 0 Å². The summed E-state index contributed by atoms with van der Waals surface area (Å²) in [6, 6.07) is 1.97. The van der Waals surface area contributed by atoms with Crippen molar-refractivity contribution in [3.63, 3.8) is 0 Å². The maximum atomic E-state index is 11.8. The van der Waals surface area contributed by atoms with Crippen LogP contribution in [-0.4, -0.2) is 52.6 Å². The van der Waals surface area contributed by atoms with Gasteiger partial charge in [0.25, 0.3) is 0 Å². The highest BCUT2D eigenvalue weighted by Gasteiger charge is 2.30. The van der Waals surface area contributed by atoms with Crippen LogP contribution in [-0.2, 0) is 4.79 Å². The van der Waals surface area contributed by atoms with Crippen LogP contribution >= 0.6 is 0 Å². The predicted octanol–water partition coefficient (Wildman–Crippen LogP) is 1.36. The molecule has 0 bridgehead atoms. The molecule has 0 radical (unpaired) electrons. The van der Waals surface area contributed by atoms with E-state index in [2.05, 4.69) is 25.6 Å². The lowest BCUT2D eigenvalue weighted by Gasteiger charge is -2.13. The maximum absolute atomic E-state index is 11.8. The predicted molar refractivity (Wildman–Crippen MR) is 86.1 cm³/mol. The number of nitrogens with zero attached hydrogens (tertiary/aromatic N) is 4. The Labute approximate surface area is 129 Å². The molecule has 2 heterocycles. The molecule has 22 heavy (non-hydrogen) atoms. The number of hydrogen-bond donors (Lipinski definition) is 2. The van der Waals surface area contributed by atoms with Crippen LogP contribution in [0.3, 0.4) is 0 Å². The largest absolute Gasteiger partial charge is 0.382 e. The van der Waals surface area contributed by atoms with E-state index < -0.39 is 0 Å². The number of aryl methyl sites for hydroxylation is 1. The summed E-state index contributed by atoms with van der Waals surface area (Å²) in [5, 5.41) is 10.5. The monoisotopic (exact) mass is 302 g/mol. The fraction of sp³-hybridized carbons (Fsp3) is 0.533. The first kappa shape index (κ1) is 14.8. The van der Waals surface area contributed by atoms with Crippen molar-refractivity contribution in [2.24, 2.45) is 5.92 Å². The van der Waals surface area contributed by atoms with Gasteiger partial charge in [0.1, 0.15) is 0 Å². The van der Waals surface area contributed by atoms with Gasteiger partial charge in [0.15, 0.2) is 5.65 Å². The highest BCUT2D eigenvalue weighted by molar-refractivity contribution is 5.92. The van der Waals surface area contributed by atoms with Crippen molar-refractivity contribution in [2.45, 2.75) is 19.8 Å². The van der Waals surface area contributed by atoms with Crippen molar-refractivity contribution in [1.29, 1.82) is 0 Å². The maximum Gasteiger partial charge on any atom is 0.249 e. The molecule has 0 atom stereocenters. The second-order valence-electron chi connectivity index (χ2n) is 6.10. The summed E-state index contributed by atoms with van der Waals surface area (Å²) in [6.45, 7) is 3.85. The number of aromatic nitrogens is 3. The smallest absolute Gasteiger partial charge is 0.249 e. The van der Waals surface area contributed by atoms with Crippen molar-refractivity contribution < 1.29 is 4.79 Å². The minimum atomic E-state index is 0.0250. The topological polar surface area (TPSA) is 74.6 Å². The van der Waals surface area contributed by atoms with Gasteiger partial charge in [-0.3, -0.25) is 10.1 Å². The first-order chi connectivity index (χ1) is 10.5. The molecule has 2 aromatic rings. The second-order valence-corrected chi connectivity index (χ2v) is 6.10. The molecule has 7 nitrogen and oxygen atoms in total. The van der Waals surface area contributed by atoms with Gasteiger partial charge < -0.3 is 10.2 Å². The molecule has 1 aliphatic rings. The van der Waals surface area contributed by atoms with Crippen LogP contribution in [0.2, 0.25) is 0 Å². The third kappa shape index (κ3) is 3.36. The normalized spacial score (nSPS) is 14.5. The number of likely N-dealkylation sites (N-methyl/N-ethyl adjacent to an activating group) is 1. The summed E-state index contributed by atoms with van der Waals surface area (Å²) in [4.78, 5) is 18.3. The first-order valence-corrected chi connectivity index (χ1v) is 7.59. The van der Waals surface area contributed by atoms with Crippen molar-refractivity contribution in [1.82, 2.24) is 19.5 Å². The van der Waals surface area contributed by atoms with Crippen LogP contribution < -0.4 is 10.6 Å². The van der Waals surface area contributed by atoms with Crippen LogP contribution in [0, 0.1) is 12.8 Å². The average Bonchev–Trinajstić information content (AvgIpc) is 3.22. The van der Waals surface area contributed by atoms with E-state index in [4.69, 9.17) is 0 Å². The summed E-state index contributed by atoms with van der Waals surface area (Å²) >= 11 is 0. The number of nitrogens with one attached hydrogen (secondary N) is 2. The molecule has 0 unspecified atom stereocenters. The zero-order valence-corrected chi connectivity index (χ0v) is 13.3. The van der Waals surface area contributed by atoms with Gasteiger partial charge in [0.2, 0.25) is 11.9 Å². The summed E-state index contributed by atoms with van der Waals surface area (Å²) in [5.41, 5.74) is 2.87. The van der Waals surface area contributed by atoms with Gasteiger partial charge in [-0.2, -0.15) is 4.98 Å². The molecule has 0 aliphatic heterocycles. The van der Waals surface area contributed by atoms with Gasteiger partial charge in [-0.15, -0.1) is 5.10 Å². The van der Waals surface area contributed by atoms with E-state index in [0.29, 0.717) is 5.95 Å². The Balaban J connectivity index is 1.74. The van der Waals surface area contributed by atoms with E-state index >= 15 is 0 Å². The number of fused-ring (bicyclic) bond motifs is 1. The lowest BCUT2D eigenvalue weighted by atomic mass is 10.2. The number of carbonyl (C=O) groups is 1. The van der Waals surface area contributed by atoms with Gasteiger partial charge in [0.05, 0.1) is 11.9 Å². The van der Waals surface area contributed by atoms with E-state index in [1.54, 1.807) is 4.52 Å². The van der Waals surface area contributed by atoms with E-state index in [9.17, 15) is 4.79 Å². The van der Waals surface area contributed by atoms with Crippen LogP contribution in [0.15, 0.2) is 12.3 Å². The van der Waals surface area contributed by atoms with Crippen LogP contribution in [0.1, 0.15) is 18.4 Å². The Morgan fingerprint density at radius 3 is 2.91 bits per heavy atom. The molecule has 0 aromatic carbocycles. The van der Waals surface area contributed by atoms with Crippen molar-refractivity contribution in [3.05, 3.63) is 17.8 Å². The zero-order chi connectivity index (χ0) is 15.7. The SMILES string of the molecule is Cc1cc2nc(NC(=O)C3CC3)nn2cc1NCCN(C)C. The van der Waals surface area contributed by atoms with Crippen LogP contribution in [0.5, 0.6) is 0 Å². The van der Waals surface area contributed by atoms with Gasteiger partial charge in [0, 0.05) is 19.0 Å². The lowest BCUT2D eigenvalue weighted by molar-refractivity contribution is -0.117. The zero-order valence-electron chi connectivity index (χ0n) is 13.3. The molecule has 7 heteroatoms. The molecular weight excluding hydrogens is 280 g/mol. The minimum absolute atomic E-state index is 0.0250. The third-order valence-corrected chi connectivity index (χ3v) is 3.74. The number of amides is 1. The van der Waals surface area contributed by atoms with Crippen molar-refractivity contribution >= 4 is 23.2 Å². The van der Waals surface area contributed by atoms with Gasteiger partial charge in [-0.05, 0) is 45.5 Å². The summed E-state index contributed by atoms with van der Waals surface area (Å²) in [6.07, 6.45) is 3.86. The molecule has 0 spiro atoms. The van der Waals surface area contributed by atoms with Gasteiger partial charge >= 0.3 is 0 Å². The molecule has 2 N–H and O–H groups in total. The number of carbonyl (C=O) groups excluding carboxylic acids is 1. The fourth-order valence-electron chi connectivity index (χ4n) is 2.23. The molecule has 0 saturated heterocycles. The number of rotatable bonds is 6. The van der Waals surface area contributed by atoms with Crippen molar-refractivity contribution in [3.8, 4) is 0 Å². The molecule has 1 fully saturated rings. The lowest BCUT2D eigenvalue weighted by Crippen LogP contribution is -2.21. The highest BCUT2D eigenvalue weighted by atomic mass is 16.2. The van der Waals surface area contributed by atoms with E-state index in [-0.39, 0.29) is 11.8 Å².